The molecule has 0 fully saturated rings. The normalized spacial score (nSPS) is 14.3. The van der Waals surface area contributed by atoms with E-state index in [1.807, 2.05) is 6.92 Å². The number of esters is 1. The van der Waals surface area contributed by atoms with Gasteiger partial charge in [-0.1, -0.05) is 19.8 Å². The summed E-state index contributed by atoms with van der Waals surface area (Å²) in [5.41, 5.74) is -0.456. The fourth-order valence-corrected chi connectivity index (χ4v) is 1.69. The quantitative estimate of drug-likeness (QED) is 0.354. The Balaban J connectivity index is 4.12. The average molecular weight is 214 g/mol. The molecule has 15 heavy (non-hydrogen) atoms. The van der Waals surface area contributed by atoms with Gasteiger partial charge in [0.25, 0.3) is 0 Å². The molecule has 0 bridgehead atoms. The molecule has 0 aliphatic heterocycles. The largest absolute Gasteiger partial charge is 0.460 e. The van der Waals surface area contributed by atoms with Gasteiger partial charge in [0.1, 0.15) is 11.9 Å². The molecule has 0 saturated heterocycles. The van der Waals surface area contributed by atoms with Crippen molar-refractivity contribution in [3.63, 3.8) is 0 Å². The van der Waals surface area contributed by atoms with Crippen LogP contribution in [0.2, 0.25) is 0 Å². The molecule has 0 amide bonds. The fraction of sp³-hybridized carbons (Fsp3) is 0.833. The Morgan fingerprint density at radius 2 is 2.00 bits per heavy atom. The monoisotopic (exact) mass is 214 g/mol. The highest BCUT2D eigenvalue weighted by Gasteiger charge is 2.26. The van der Waals surface area contributed by atoms with Gasteiger partial charge in [0.15, 0.2) is 0 Å². The molecular formula is C12H22O3. The van der Waals surface area contributed by atoms with Crippen molar-refractivity contribution >= 4 is 12.3 Å². The van der Waals surface area contributed by atoms with Gasteiger partial charge >= 0.3 is 5.97 Å². The molecule has 0 aromatic rings. The van der Waals surface area contributed by atoms with Gasteiger partial charge in [-0.2, -0.15) is 0 Å². The average Bonchev–Trinajstić information content (AvgIpc) is 2.14. The number of carbonyl (C=O) groups is 2. The Labute approximate surface area is 92.2 Å². The molecule has 0 aliphatic rings. The summed E-state index contributed by atoms with van der Waals surface area (Å²) in [6.45, 7) is 5.46. The van der Waals surface area contributed by atoms with E-state index in [1.54, 1.807) is 0 Å². The number of aldehydes is 1. The van der Waals surface area contributed by atoms with E-state index in [9.17, 15) is 9.59 Å². The number of unbranched alkanes of at least 4 members (excludes halogenated alkanes) is 2. The van der Waals surface area contributed by atoms with Crippen molar-refractivity contribution in [1.29, 1.82) is 0 Å². The van der Waals surface area contributed by atoms with E-state index >= 15 is 0 Å². The molecule has 1 atom stereocenters. The van der Waals surface area contributed by atoms with Gasteiger partial charge in [-0.15, -0.1) is 0 Å². The fourth-order valence-electron chi connectivity index (χ4n) is 1.69. The standard InChI is InChI=1S/C12H22O3/c1-4-5-6-8-12(3,9-7-10-13)15-11(2)14/h10H,4-9H2,1-3H3. The highest BCUT2D eigenvalue weighted by Crippen LogP contribution is 2.24. The third-order valence-corrected chi connectivity index (χ3v) is 2.49. The summed E-state index contributed by atoms with van der Waals surface area (Å²) in [7, 11) is 0. The summed E-state index contributed by atoms with van der Waals surface area (Å²) >= 11 is 0. The second-order valence-corrected chi connectivity index (χ2v) is 4.21. The maximum atomic E-state index is 10.9. The zero-order chi connectivity index (χ0) is 11.7. The van der Waals surface area contributed by atoms with Crippen LogP contribution in [0.4, 0.5) is 0 Å². The zero-order valence-electron chi connectivity index (χ0n) is 10.0. The van der Waals surface area contributed by atoms with Crippen LogP contribution in [0.5, 0.6) is 0 Å². The third-order valence-electron chi connectivity index (χ3n) is 2.49. The van der Waals surface area contributed by atoms with E-state index in [0.29, 0.717) is 12.8 Å². The molecule has 0 spiro atoms. The SMILES string of the molecule is CCCCCC(C)(CCC=O)OC(C)=O. The molecule has 0 aromatic carbocycles. The summed E-state index contributed by atoms with van der Waals surface area (Å²) in [6.07, 6.45) is 6.12. The molecule has 1 unspecified atom stereocenters. The van der Waals surface area contributed by atoms with Gasteiger partial charge in [-0.3, -0.25) is 4.79 Å². The summed E-state index contributed by atoms with van der Waals surface area (Å²) in [4.78, 5) is 21.3. The lowest BCUT2D eigenvalue weighted by Crippen LogP contribution is -2.31. The summed E-state index contributed by atoms with van der Waals surface area (Å²) in [5.74, 6) is -0.264. The van der Waals surface area contributed by atoms with Gasteiger partial charge < -0.3 is 9.53 Å². The molecule has 0 rings (SSSR count). The van der Waals surface area contributed by atoms with Gasteiger partial charge in [0, 0.05) is 13.3 Å². The molecule has 3 nitrogen and oxygen atoms in total. The molecule has 0 aliphatic carbocycles. The second kappa shape index (κ2) is 7.43. The van der Waals surface area contributed by atoms with Crippen LogP contribution in [-0.4, -0.2) is 17.9 Å². The van der Waals surface area contributed by atoms with Gasteiger partial charge in [-0.25, -0.2) is 0 Å². The predicted molar refractivity (Wildman–Crippen MR) is 59.6 cm³/mol. The molecule has 0 radical (unpaired) electrons. The van der Waals surface area contributed by atoms with Crippen molar-refractivity contribution in [2.45, 2.75) is 64.9 Å². The van der Waals surface area contributed by atoms with Gasteiger partial charge in [-0.05, 0) is 26.2 Å². The van der Waals surface area contributed by atoms with Crippen LogP contribution >= 0.6 is 0 Å². The van der Waals surface area contributed by atoms with Crippen molar-refractivity contribution in [2.75, 3.05) is 0 Å². The smallest absolute Gasteiger partial charge is 0.303 e. The first-order valence-corrected chi connectivity index (χ1v) is 5.67. The van der Waals surface area contributed by atoms with E-state index in [2.05, 4.69) is 6.92 Å². The van der Waals surface area contributed by atoms with Crippen molar-refractivity contribution in [3.05, 3.63) is 0 Å². The van der Waals surface area contributed by atoms with Crippen LogP contribution < -0.4 is 0 Å². The van der Waals surface area contributed by atoms with E-state index in [1.165, 1.54) is 6.92 Å². The minimum absolute atomic E-state index is 0.264. The third kappa shape index (κ3) is 7.11. The predicted octanol–water partition coefficient (Wildman–Crippen LogP) is 2.87. The first-order chi connectivity index (χ1) is 7.04. The summed E-state index contributed by atoms with van der Waals surface area (Å²) in [5, 5.41) is 0. The van der Waals surface area contributed by atoms with Crippen molar-refractivity contribution in [1.82, 2.24) is 0 Å². The van der Waals surface area contributed by atoms with Crippen LogP contribution in [0.1, 0.15) is 59.3 Å². The Kier molecular flexibility index (Phi) is 7.01. The van der Waals surface area contributed by atoms with Gasteiger partial charge in [0.05, 0.1) is 0 Å². The Bertz CT molecular complexity index is 201. The van der Waals surface area contributed by atoms with E-state index in [0.717, 1.165) is 32.0 Å². The van der Waals surface area contributed by atoms with Crippen LogP contribution in [0.3, 0.4) is 0 Å². The number of carbonyl (C=O) groups excluding carboxylic acids is 2. The first-order valence-electron chi connectivity index (χ1n) is 5.67. The Hall–Kier alpha value is -0.860. The number of hydrogen-bond donors (Lipinski definition) is 0. The maximum Gasteiger partial charge on any atom is 0.303 e. The topological polar surface area (TPSA) is 43.4 Å². The maximum absolute atomic E-state index is 10.9. The molecule has 0 saturated carbocycles. The minimum atomic E-state index is -0.456. The lowest BCUT2D eigenvalue weighted by atomic mass is 9.93. The van der Waals surface area contributed by atoms with Crippen LogP contribution in [-0.2, 0) is 14.3 Å². The molecule has 88 valence electrons. The second-order valence-electron chi connectivity index (χ2n) is 4.21. The first kappa shape index (κ1) is 14.1. The Morgan fingerprint density at radius 1 is 1.33 bits per heavy atom. The summed E-state index contributed by atoms with van der Waals surface area (Å²) < 4.78 is 5.29. The van der Waals surface area contributed by atoms with Crippen molar-refractivity contribution in [3.8, 4) is 0 Å². The van der Waals surface area contributed by atoms with Crippen LogP contribution in [0, 0.1) is 0 Å². The van der Waals surface area contributed by atoms with Crippen molar-refractivity contribution < 1.29 is 14.3 Å². The van der Waals surface area contributed by atoms with E-state index in [-0.39, 0.29) is 5.97 Å². The molecule has 0 aromatic heterocycles. The van der Waals surface area contributed by atoms with Crippen LogP contribution in [0.15, 0.2) is 0 Å². The Morgan fingerprint density at radius 3 is 2.47 bits per heavy atom. The minimum Gasteiger partial charge on any atom is -0.460 e. The zero-order valence-corrected chi connectivity index (χ0v) is 10.0. The van der Waals surface area contributed by atoms with E-state index < -0.39 is 5.60 Å². The lowest BCUT2D eigenvalue weighted by molar-refractivity contribution is -0.157. The lowest BCUT2D eigenvalue weighted by Gasteiger charge is -2.28. The molecule has 0 heterocycles. The molecular weight excluding hydrogens is 192 g/mol. The molecule has 0 N–H and O–H groups in total. The molecule has 3 heteroatoms. The highest BCUT2D eigenvalue weighted by molar-refractivity contribution is 5.66. The highest BCUT2D eigenvalue weighted by atomic mass is 16.6. The number of rotatable bonds is 8. The summed E-state index contributed by atoms with van der Waals surface area (Å²) in [6, 6.07) is 0. The van der Waals surface area contributed by atoms with Gasteiger partial charge in [0.2, 0.25) is 0 Å². The van der Waals surface area contributed by atoms with E-state index in [4.69, 9.17) is 4.74 Å². The number of hydrogen-bond acceptors (Lipinski definition) is 3. The number of ether oxygens (including phenoxy) is 1. The van der Waals surface area contributed by atoms with Crippen LogP contribution in [0.25, 0.3) is 0 Å². The van der Waals surface area contributed by atoms with Crippen molar-refractivity contribution in [2.24, 2.45) is 0 Å².